The van der Waals surface area contributed by atoms with Gasteiger partial charge in [-0.2, -0.15) is 0 Å². The summed E-state index contributed by atoms with van der Waals surface area (Å²) in [6, 6.07) is 3.83. The molecule has 0 amide bonds. The van der Waals surface area contributed by atoms with Gasteiger partial charge in [0.1, 0.15) is 11.6 Å². The predicted octanol–water partition coefficient (Wildman–Crippen LogP) is 2.79. The van der Waals surface area contributed by atoms with Crippen molar-refractivity contribution in [1.29, 1.82) is 0 Å². The normalized spacial score (nSPS) is 11.1. The number of nitrogens with zero attached hydrogens (tertiary/aromatic N) is 3. The molecule has 2 rings (SSSR count). The molecule has 2 aromatic rings. The van der Waals surface area contributed by atoms with E-state index in [2.05, 4.69) is 37.6 Å². The van der Waals surface area contributed by atoms with Gasteiger partial charge in [-0.3, -0.25) is 0 Å². The zero-order valence-electron chi connectivity index (χ0n) is 10.1. The lowest BCUT2D eigenvalue weighted by atomic mass is 10.4. The van der Waals surface area contributed by atoms with Crippen LogP contribution >= 0.6 is 27.7 Å². The molecule has 0 saturated heterocycles. The van der Waals surface area contributed by atoms with Crippen molar-refractivity contribution in [1.82, 2.24) is 14.8 Å². The summed E-state index contributed by atoms with van der Waals surface area (Å²) in [6.07, 6.45) is 1.03. The molecule has 5 nitrogen and oxygen atoms in total. The number of halogens is 1. The Bertz CT molecular complexity index is 511. The number of rotatable bonds is 6. The van der Waals surface area contributed by atoms with Crippen LogP contribution in [0.2, 0.25) is 0 Å². The van der Waals surface area contributed by atoms with E-state index >= 15 is 0 Å². The van der Waals surface area contributed by atoms with Crippen LogP contribution in [0.5, 0.6) is 0 Å². The molecule has 0 aliphatic carbocycles. The van der Waals surface area contributed by atoms with Crippen LogP contribution in [0.25, 0.3) is 0 Å². The molecular formula is C11H15BrN4OS. The van der Waals surface area contributed by atoms with Gasteiger partial charge in [0, 0.05) is 6.54 Å². The van der Waals surface area contributed by atoms with Crippen molar-refractivity contribution >= 4 is 27.7 Å². The Balaban J connectivity index is 2.06. The molecule has 0 spiro atoms. The van der Waals surface area contributed by atoms with Gasteiger partial charge in [0.15, 0.2) is 9.83 Å². The first-order valence-electron chi connectivity index (χ1n) is 5.73. The first kappa shape index (κ1) is 13.6. The van der Waals surface area contributed by atoms with Crippen LogP contribution in [-0.2, 0) is 18.8 Å². The summed E-state index contributed by atoms with van der Waals surface area (Å²) in [5.74, 6) is 2.48. The molecule has 0 saturated carbocycles. The molecule has 0 fully saturated rings. The zero-order chi connectivity index (χ0) is 13.0. The van der Waals surface area contributed by atoms with E-state index in [9.17, 15) is 0 Å². The Morgan fingerprint density at radius 2 is 2.28 bits per heavy atom. The standard InChI is InChI=1S/C11H15BrN4OS/c1-2-5-16-10(6-13)14-15-11(16)18-7-8-3-4-9(12)17-8/h3-4H,2,5-7,13H2,1H3. The minimum absolute atomic E-state index is 0.417. The number of aromatic nitrogens is 3. The number of furan rings is 1. The number of thioether (sulfide) groups is 1. The van der Waals surface area contributed by atoms with Gasteiger partial charge in [0.25, 0.3) is 0 Å². The monoisotopic (exact) mass is 330 g/mol. The van der Waals surface area contributed by atoms with Crippen LogP contribution in [0.3, 0.4) is 0 Å². The lowest BCUT2D eigenvalue weighted by molar-refractivity contribution is 0.506. The summed E-state index contributed by atoms with van der Waals surface area (Å²) in [7, 11) is 0. The van der Waals surface area contributed by atoms with Crippen LogP contribution in [0.15, 0.2) is 26.4 Å². The molecule has 0 aromatic carbocycles. The van der Waals surface area contributed by atoms with E-state index in [1.807, 2.05) is 12.1 Å². The SMILES string of the molecule is CCCn1c(CN)nnc1SCc1ccc(Br)o1. The van der Waals surface area contributed by atoms with Crippen molar-refractivity contribution in [3.8, 4) is 0 Å². The minimum Gasteiger partial charge on any atom is -0.453 e. The van der Waals surface area contributed by atoms with E-state index in [0.717, 1.165) is 40.1 Å². The molecule has 18 heavy (non-hydrogen) atoms. The van der Waals surface area contributed by atoms with Gasteiger partial charge < -0.3 is 14.7 Å². The fourth-order valence-electron chi connectivity index (χ4n) is 1.59. The number of hydrogen-bond donors (Lipinski definition) is 1. The van der Waals surface area contributed by atoms with Crippen molar-refractivity contribution in [2.75, 3.05) is 0 Å². The first-order valence-corrected chi connectivity index (χ1v) is 7.51. The van der Waals surface area contributed by atoms with Crippen LogP contribution in [0.1, 0.15) is 24.9 Å². The lowest BCUT2D eigenvalue weighted by Gasteiger charge is -2.06. The van der Waals surface area contributed by atoms with Crippen molar-refractivity contribution in [3.05, 3.63) is 28.4 Å². The topological polar surface area (TPSA) is 69.9 Å². The summed E-state index contributed by atoms with van der Waals surface area (Å²) >= 11 is 4.90. The van der Waals surface area contributed by atoms with Gasteiger partial charge in [0.2, 0.25) is 0 Å². The second-order valence-electron chi connectivity index (χ2n) is 3.75. The first-order chi connectivity index (χ1) is 8.74. The molecule has 7 heteroatoms. The van der Waals surface area contributed by atoms with Gasteiger partial charge in [-0.1, -0.05) is 18.7 Å². The fourth-order valence-corrected chi connectivity index (χ4v) is 2.81. The van der Waals surface area contributed by atoms with E-state index in [4.69, 9.17) is 10.2 Å². The molecule has 0 aliphatic heterocycles. The van der Waals surface area contributed by atoms with E-state index in [0.29, 0.717) is 6.54 Å². The van der Waals surface area contributed by atoms with E-state index in [1.165, 1.54) is 0 Å². The highest BCUT2D eigenvalue weighted by atomic mass is 79.9. The van der Waals surface area contributed by atoms with E-state index < -0.39 is 0 Å². The van der Waals surface area contributed by atoms with Gasteiger partial charge in [0.05, 0.1) is 12.3 Å². The Morgan fingerprint density at radius 3 is 2.89 bits per heavy atom. The average molecular weight is 331 g/mol. The van der Waals surface area contributed by atoms with Gasteiger partial charge in [-0.15, -0.1) is 10.2 Å². The largest absolute Gasteiger partial charge is 0.453 e. The van der Waals surface area contributed by atoms with Crippen LogP contribution in [0.4, 0.5) is 0 Å². The average Bonchev–Trinajstić information content (AvgIpc) is 2.94. The summed E-state index contributed by atoms with van der Waals surface area (Å²) in [4.78, 5) is 0. The molecule has 2 N–H and O–H groups in total. The third kappa shape index (κ3) is 3.15. The van der Waals surface area contributed by atoms with E-state index in [-0.39, 0.29) is 0 Å². The Hall–Kier alpha value is -0.790. The van der Waals surface area contributed by atoms with Crippen LogP contribution in [-0.4, -0.2) is 14.8 Å². The second-order valence-corrected chi connectivity index (χ2v) is 5.47. The molecule has 98 valence electrons. The predicted molar refractivity (Wildman–Crippen MR) is 74.2 cm³/mol. The van der Waals surface area contributed by atoms with Gasteiger partial charge in [-0.05, 0) is 34.5 Å². The Labute approximate surface area is 118 Å². The van der Waals surface area contributed by atoms with Crippen molar-refractivity contribution in [2.24, 2.45) is 5.73 Å². The second kappa shape index (κ2) is 6.40. The zero-order valence-corrected chi connectivity index (χ0v) is 12.5. The molecular weight excluding hydrogens is 316 g/mol. The van der Waals surface area contributed by atoms with Gasteiger partial charge >= 0.3 is 0 Å². The highest BCUT2D eigenvalue weighted by molar-refractivity contribution is 9.10. The summed E-state index contributed by atoms with van der Waals surface area (Å²) < 4.78 is 8.27. The molecule has 0 bridgehead atoms. The lowest BCUT2D eigenvalue weighted by Crippen LogP contribution is -2.09. The quantitative estimate of drug-likeness (QED) is 0.824. The summed E-state index contributed by atoms with van der Waals surface area (Å²) in [5.41, 5.74) is 5.65. The summed E-state index contributed by atoms with van der Waals surface area (Å²) in [5, 5.41) is 9.16. The maximum absolute atomic E-state index is 5.65. The van der Waals surface area contributed by atoms with E-state index in [1.54, 1.807) is 11.8 Å². The number of hydrogen-bond acceptors (Lipinski definition) is 5. The highest BCUT2D eigenvalue weighted by Crippen LogP contribution is 2.24. The van der Waals surface area contributed by atoms with Crippen molar-refractivity contribution < 1.29 is 4.42 Å². The Morgan fingerprint density at radius 1 is 1.44 bits per heavy atom. The Kier molecular flexibility index (Phi) is 4.85. The van der Waals surface area contributed by atoms with Crippen molar-refractivity contribution in [3.63, 3.8) is 0 Å². The molecule has 2 heterocycles. The molecule has 0 radical (unpaired) electrons. The van der Waals surface area contributed by atoms with Crippen LogP contribution in [0, 0.1) is 0 Å². The maximum Gasteiger partial charge on any atom is 0.191 e. The minimum atomic E-state index is 0.417. The number of nitrogens with two attached hydrogens (primary N) is 1. The molecule has 0 unspecified atom stereocenters. The fraction of sp³-hybridized carbons (Fsp3) is 0.455. The smallest absolute Gasteiger partial charge is 0.191 e. The molecule has 2 aromatic heterocycles. The molecule has 0 atom stereocenters. The third-order valence-electron chi connectivity index (χ3n) is 2.40. The molecule has 0 aliphatic rings. The third-order valence-corrected chi connectivity index (χ3v) is 3.81. The van der Waals surface area contributed by atoms with Gasteiger partial charge in [-0.25, -0.2) is 0 Å². The highest BCUT2D eigenvalue weighted by Gasteiger charge is 2.11. The summed E-state index contributed by atoms with van der Waals surface area (Å²) in [6.45, 7) is 3.43. The van der Waals surface area contributed by atoms with Crippen molar-refractivity contribution in [2.45, 2.75) is 37.3 Å². The maximum atomic E-state index is 5.65. The van der Waals surface area contributed by atoms with Crippen LogP contribution < -0.4 is 5.73 Å².